The molecular weight excluding hydrogens is 791 g/mol. The van der Waals surface area contributed by atoms with E-state index in [2.05, 4.69) is 127 Å². The first kappa shape index (κ1) is 41.7. The van der Waals surface area contributed by atoms with Gasteiger partial charge in [0, 0.05) is 0 Å². The number of benzene rings is 4. The third-order valence-electron chi connectivity index (χ3n) is 13.9. The molecule has 0 bridgehead atoms. The Balaban J connectivity index is 0.00000249. The first-order chi connectivity index (χ1) is 25.1. The van der Waals surface area contributed by atoms with Gasteiger partial charge < -0.3 is 0 Å². The van der Waals surface area contributed by atoms with Crippen molar-refractivity contribution in [3.05, 3.63) is 129 Å². The molecule has 4 aromatic rings. The molecule has 0 heterocycles. The molecule has 2 saturated carbocycles. The number of aryl methyl sites for hydroxylation is 2. The van der Waals surface area contributed by atoms with Crippen LogP contribution in [0, 0.1) is 25.7 Å². The van der Waals surface area contributed by atoms with Gasteiger partial charge in [-0.15, -0.1) is 24.8 Å². The normalized spacial score (nSPS) is 20.8. The van der Waals surface area contributed by atoms with Crippen LogP contribution < -0.4 is 0 Å². The van der Waals surface area contributed by atoms with Gasteiger partial charge in [0.05, 0.1) is 0 Å². The molecule has 4 heteroatoms. The third kappa shape index (κ3) is 8.35. The molecule has 0 N–H and O–H groups in total. The maximum atomic E-state index is 2.90. The van der Waals surface area contributed by atoms with Crippen LogP contribution in [0.25, 0.3) is 34.4 Å². The fourth-order valence-electron chi connectivity index (χ4n) is 11.5. The Hall–Kier alpha value is -1.96. The van der Waals surface area contributed by atoms with Crippen molar-refractivity contribution in [2.24, 2.45) is 11.8 Å². The van der Waals surface area contributed by atoms with Crippen LogP contribution in [0.4, 0.5) is 0 Å². The molecule has 0 radical (unpaired) electrons. The Labute approximate surface area is 342 Å². The van der Waals surface area contributed by atoms with Gasteiger partial charge in [0.2, 0.25) is 0 Å². The van der Waals surface area contributed by atoms with Crippen LogP contribution in [-0.2, 0) is 17.4 Å². The fourth-order valence-corrected chi connectivity index (χ4v) is 31.2. The Morgan fingerprint density at radius 1 is 0.500 bits per heavy atom. The summed E-state index contributed by atoms with van der Waals surface area (Å²) in [6.07, 6.45) is 25.1. The Kier molecular flexibility index (Phi) is 13.3. The quantitative estimate of drug-likeness (QED) is 0.122. The van der Waals surface area contributed by atoms with Gasteiger partial charge in [-0.05, 0) is 0 Å². The van der Waals surface area contributed by atoms with Crippen molar-refractivity contribution in [3.63, 3.8) is 0 Å². The average Bonchev–Trinajstić information content (AvgIpc) is 3.44. The van der Waals surface area contributed by atoms with E-state index in [9.17, 15) is 0 Å². The second-order valence-electron chi connectivity index (χ2n) is 18.7. The molecule has 4 aromatic carbocycles. The molecule has 2 fully saturated rings. The van der Waals surface area contributed by atoms with Crippen molar-refractivity contribution >= 4 is 43.8 Å². The summed E-state index contributed by atoms with van der Waals surface area (Å²) in [4.78, 5) is 0. The zero-order valence-electron chi connectivity index (χ0n) is 33.5. The van der Waals surface area contributed by atoms with Crippen molar-refractivity contribution in [2.75, 3.05) is 0 Å². The Bertz CT molecular complexity index is 1910. The van der Waals surface area contributed by atoms with E-state index >= 15 is 0 Å². The van der Waals surface area contributed by atoms with E-state index in [1.54, 1.807) is 22.3 Å². The topological polar surface area (TPSA) is 0 Å². The van der Waals surface area contributed by atoms with Crippen LogP contribution in [0.2, 0.25) is 9.26 Å². The summed E-state index contributed by atoms with van der Waals surface area (Å²) in [7, 11) is 0. The van der Waals surface area contributed by atoms with E-state index in [1.807, 2.05) is 0 Å². The van der Waals surface area contributed by atoms with Crippen LogP contribution in [0.3, 0.4) is 0 Å². The number of rotatable bonds is 8. The second kappa shape index (κ2) is 17.3. The molecule has 0 amide bonds. The molecule has 2 unspecified atom stereocenters. The minimum Gasteiger partial charge on any atom is -0.147 e. The van der Waals surface area contributed by atoms with Crippen LogP contribution in [0.5, 0.6) is 0 Å². The van der Waals surface area contributed by atoms with E-state index in [0.29, 0.717) is 7.25 Å². The zero-order chi connectivity index (χ0) is 35.9. The maximum Gasteiger partial charge on any atom is -0.147 e. The second-order valence-corrected chi connectivity index (χ2v) is 49.2. The van der Waals surface area contributed by atoms with Crippen LogP contribution in [0.15, 0.2) is 96.1 Å². The molecule has 286 valence electrons. The predicted octanol–water partition coefficient (Wildman–Crippen LogP) is 15.1. The van der Waals surface area contributed by atoms with Crippen molar-refractivity contribution in [1.29, 1.82) is 0 Å². The molecule has 8 rings (SSSR count). The Morgan fingerprint density at radius 3 is 1.20 bits per heavy atom. The number of allylic oxidation sites excluding steroid dienone is 2. The smallest absolute Gasteiger partial charge is 0.147 e. The van der Waals surface area contributed by atoms with Crippen LogP contribution in [0.1, 0.15) is 131 Å². The molecular formula is C50H64Cl2SiZr. The van der Waals surface area contributed by atoms with Crippen molar-refractivity contribution in [3.8, 4) is 22.3 Å². The molecule has 0 spiro atoms. The van der Waals surface area contributed by atoms with E-state index < -0.39 is 17.4 Å². The van der Waals surface area contributed by atoms with E-state index in [0.717, 1.165) is 11.8 Å². The van der Waals surface area contributed by atoms with Gasteiger partial charge in [-0.3, -0.25) is 0 Å². The molecule has 4 aliphatic rings. The number of hydrogen-bond donors (Lipinski definition) is 0. The third-order valence-corrected chi connectivity index (χ3v) is 31.4. The first-order valence-electron chi connectivity index (χ1n) is 21.0. The summed E-state index contributed by atoms with van der Waals surface area (Å²) >= 11 is -3.82. The molecule has 0 aromatic heterocycles. The van der Waals surface area contributed by atoms with Gasteiger partial charge in [-0.1, -0.05) is 0 Å². The van der Waals surface area contributed by atoms with E-state index in [-0.39, 0.29) is 24.8 Å². The zero-order valence-corrected chi connectivity index (χ0v) is 39.0. The molecule has 0 nitrogen and oxygen atoms in total. The predicted molar refractivity (Wildman–Crippen MR) is 241 cm³/mol. The van der Waals surface area contributed by atoms with Gasteiger partial charge in [-0.25, -0.2) is 0 Å². The molecule has 0 aliphatic heterocycles. The van der Waals surface area contributed by atoms with Gasteiger partial charge >= 0.3 is 320 Å². The first-order valence-corrected chi connectivity index (χ1v) is 34.7. The number of halogens is 2. The summed E-state index contributed by atoms with van der Waals surface area (Å²) in [6.45, 7) is 6.99. The van der Waals surface area contributed by atoms with E-state index in [1.165, 1.54) is 134 Å². The molecule has 2 atom stereocenters. The number of fused-ring (bicyclic) bond motifs is 2. The van der Waals surface area contributed by atoms with Crippen molar-refractivity contribution in [2.45, 2.75) is 120 Å². The van der Waals surface area contributed by atoms with Crippen molar-refractivity contribution in [1.82, 2.24) is 0 Å². The largest absolute Gasteiger partial charge is 0.147 e. The fraction of sp³-hybridized carbons (Fsp3) is 0.440. The molecule has 4 aliphatic carbocycles. The summed E-state index contributed by atoms with van der Waals surface area (Å²) in [6, 6.07) is 33.4. The summed E-state index contributed by atoms with van der Waals surface area (Å²) < 4.78 is 6.94. The number of hydrogen-bond acceptors (Lipinski definition) is 0. The minimum absolute atomic E-state index is 0. The maximum absolute atomic E-state index is 3.82. The summed E-state index contributed by atoms with van der Waals surface area (Å²) in [5, 5.41) is 0. The minimum atomic E-state index is -3.82. The molecule has 54 heavy (non-hydrogen) atoms. The van der Waals surface area contributed by atoms with E-state index in [4.69, 9.17) is 0 Å². The van der Waals surface area contributed by atoms with Crippen LogP contribution in [-0.4, -0.2) is 6.88 Å². The summed E-state index contributed by atoms with van der Waals surface area (Å²) in [5.41, 5.74) is 18.3. The molecule has 0 saturated heterocycles. The average molecular weight is 855 g/mol. The van der Waals surface area contributed by atoms with Gasteiger partial charge in [0.15, 0.2) is 0 Å². The standard InChI is InChI=1S/2C24H27.2CH3.2ClH.H2Si.Zr/c2*1-18-11-13-21(14-12-18)23-10-6-9-22-16-20(17-24(22)23)15-19-7-4-2-3-5-8-19;;;;;;/h2*6,9-14,16-17,19H,2-5,7-8,15H2,1H3;2*1H3;2*1H;1H2;. The Morgan fingerprint density at radius 2 is 0.852 bits per heavy atom. The van der Waals surface area contributed by atoms with Gasteiger partial charge in [0.25, 0.3) is 0 Å². The van der Waals surface area contributed by atoms with Gasteiger partial charge in [-0.2, -0.15) is 0 Å². The monoisotopic (exact) mass is 852 g/mol. The van der Waals surface area contributed by atoms with Gasteiger partial charge in [0.1, 0.15) is 0 Å². The SMILES string of the molecule is Cc1ccc(-c2cccc3c2C=C(CC2CCCCCC2)[CH]3[Zr]([CH3])([CH3])(=[SiH2])[CH]2C(CC3CCCCCC3)=Cc3c(-c4ccc(C)cc4)cccc32)cc1.Cl.Cl. The van der Waals surface area contributed by atoms with Crippen LogP contribution >= 0.6 is 24.8 Å². The van der Waals surface area contributed by atoms with Crippen molar-refractivity contribution < 1.29 is 17.4 Å². The summed E-state index contributed by atoms with van der Waals surface area (Å²) in [5.74, 6) is 1.65.